The molecule has 0 aromatic heterocycles. The second-order valence-electron chi connectivity index (χ2n) is 8.89. The maximum Gasteiger partial charge on any atom is 0.222 e. The van der Waals surface area contributed by atoms with E-state index in [0.29, 0.717) is 64.8 Å². The van der Waals surface area contributed by atoms with Crippen molar-refractivity contribution < 1.29 is 22.7 Å². The van der Waals surface area contributed by atoms with Crippen LogP contribution in [0.4, 0.5) is 0 Å². The molecule has 0 saturated carbocycles. The predicted molar refractivity (Wildman–Crippen MR) is 116 cm³/mol. The van der Waals surface area contributed by atoms with Crippen molar-refractivity contribution >= 4 is 21.8 Å². The number of carbonyl (C=O) groups is 2. The number of amides is 2. The van der Waals surface area contributed by atoms with Crippen molar-refractivity contribution in [2.75, 3.05) is 39.0 Å². The molecule has 1 aromatic rings. The van der Waals surface area contributed by atoms with E-state index in [0.717, 1.165) is 24.3 Å². The zero-order valence-corrected chi connectivity index (χ0v) is 18.9. The molecule has 2 saturated heterocycles. The number of ether oxygens (including phenoxy) is 1. The molecule has 2 fully saturated rings. The number of sulfonamides is 1. The van der Waals surface area contributed by atoms with Crippen molar-refractivity contribution in [2.24, 2.45) is 0 Å². The van der Waals surface area contributed by atoms with Gasteiger partial charge in [0.05, 0.1) is 12.8 Å². The van der Waals surface area contributed by atoms with Gasteiger partial charge in [0.2, 0.25) is 21.8 Å². The number of piperidine rings is 1. The number of rotatable bonds is 5. The van der Waals surface area contributed by atoms with Crippen LogP contribution in [0.1, 0.15) is 44.1 Å². The molecule has 0 radical (unpaired) electrons. The van der Waals surface area contributed by atoms with Gasteiger partial charge in [0.25, 0.3) is 0 Å². The number of hydrogen-bond donors (Lipinski definition) is 0. The molecule has 0 unspecified atom stereocenters. The fraction of sp³-hybridized carbons (Fsp3) is 0.636. The molecule has 0 N–H and O–H groups in total. The predicted octanol–water partition coefficient (Wildman–Crippen LogP) is 1.60. The van der Waals surface area contributed by atoms with Crippen LogP contribution in [0.3, 0.4) is 0 Å². The molecule has 2 amide bonds. The van der Waals surface area contributed by atoms with E-state index in [4.69, 9.17) is 4.74 Å². The smallest absolute Gasteiger partial charge is 0.222 e. The quantitative estimate of drug-likeness (QED) is 0.682. The fourth-order valence-corrected chi connectivity index (χ4v) is 5.59. The van der Waals surface area contributed by atoms with Gasteiger partial charge in [0.15, 0.2) is 0 Å². The summed E-state index contributed by atoms with van der Waals surface area (Å²) in [6.07, 6.45) is 5.05. The van der Waals surface area contributed by atoms with Crippen molar-refractivity contribution in [1.82, 2.24) is 14.1 Å². The Kier molecular flexibility index (Phi) is 6.25. The third-order valence-corrected chi connectivity index (χ3v) is 7.79. The minimum absolute atomic E-state index is 0.0930. The third-order valence-electron chi connectivity index (χ3n) is 6.60. The van der Waals surface area contributed by atoms with Crippen LogP contribution < -0.4 is 4.74 Å². The van der Waals surface area contributed by atoms with Crippen LogP contribution >= 0.6 is 0 Å². The first-order chi connectivity index (χ1) is 14.8. The molecule has 31 heavy (non-hydrogen) atoms. The molecule has 3 heterocycles. The van der Waals surface area contributed by atoms with Gasteiger partial charge in [-0.25, -0.2) is 8.42 Å². The van der Waals surface area contributed by atoms with Gasteiger partial charge in [-0.1, -0.05) is 18.2 Å². The van der Waals surface area contributed by atoms with Crippen LogP contribution in [0.2, 0.25) is 0 Å². The summed E-state index contributed by atoms with van der Waals surface area (Å²) in [5.41, 5.74) is 0.230. The molecule has 3 aliphatic rings. The highest BCUT2D eigenvalue weighted by molar-refractivity contribution is 7.88. The Labute approximate surface area is 184 Å². The second-order valence-corrected chi connectivity index (χ2v) is 10.9. The average Bonchev–Trinajstić information content (AvgIpc) is 3.05. The van der Waals surface area contributed by atoms with Gasteiger partial charge in [0, 0.05) is 64.0 Å². The normalized spacial score (nSPS) is 21.6. The summed E-state index contributed by atoms with van der Waals surface area (Å²) in [7, 11) is -3.38. The Hall–Kier alpha value is -2.13. The van der Waals surface area contributed by atoms with E-state index in [1.165, 1.54) is 10.6 Å². The molecule has 8 nitrogen and oxygen atoms in total. The van der Waals surface area contributed by atoms with Crippen LogP contribution in [-0.2, 0) is 26.2 Å². The molecule has 3 aliphatic heterocycles. The second kappa shape index (κ2) is 8.78. The van der Waals surface area contributed by atoms with Crippen molar-refractivity contribution in [3.63, 3.8) is 0 Å². The average molecular weight is 450 g/mol. The summed E-state index contributed by atoms with van der Waals surface area (Å²) in [6, 6.07) is 7.57. The molecule has 0 bridgehead atoms. The maximum atomic E-state index is 12.7. The lowest BCUT2D eigenvalue weighted by Crippen LogP contribution is -2.55. The number of hydrogen-bond acceptors (Lipinski definition) is 5. The number of benzene rings is 1. The third kappa shape index (κ3) is 5.03. The van der Waals surface area contributed by atoms with Crippen molar-refractivity contribution in [3.8, 4) is 5.75 Å². The first-order valence-corrected chi connectivity index (χ1v) is 12.9. The Morgan fingerprint density at radius 3 is 2.58 bits per heavy atom. The summed E-state index contributed by atoms with van der Waals surface area (Å²) in [5, 5.41) is 0. The monoisotopic (exact) mass is 449 g/mol. The summed E-state index contributed by atoms with van der Waals surface area (Å²) in [4.78, 5) is 28.1. The summed E-state index contributed by atoms with van der Waals surface area (Å²) in [5.74, 6) is 1.01. The van der Waals surface area contributed by atoms with E-state index in [2.05, 4.69) is 0 Å². The molecule has 4 rings (SSSR count). The van der Waals surface area contributed by atoms with E-state index in [1.807, 2.05) is 34.1 Å². The maximum absolute atomic E-state index is 12.7. The Balaban J connectivity index is 1.37. The number of nitrogens with zero attached hydrogens (tertiary/aromatic N) is 3. The molecular weight excluding hydrogens is 418 g/mol. The minimum Gasteiger partial charge on any atom is -0.485 e. The van der Waals surface area contributed by atoms with E-state index in [1.54, 1.807) is 0 Å². The molecular formula is C22H31N3O5S. The van der Waals surface area contributed by atoms with Crippen LogP contribution in [0, 0.1) is 0 Å². The Morgan fingerprint density at radius 1 is 1.16 bits per heavy atom. The van der Waals surface area contributed by atoms with Crippen molar-refractivity contribution in [3.05, 3.63) is 29.8 Å². The van der Waals surface area contributed by atoms with Crippen LogP contribution in [0.5, 0.6) is 5.75 Å². The van der Waals surface area contributed by atoms with Gasteiger partial charge in [0.1, 0.15) is 11.4 Å². The highest BCUT2D eigenvalue weighted by Gasteiger charge is 2.43. The largest absolute Gasteiger partial charge is 0.485 e. The lowest BCUT2D eigenvalue weighted by Gasteiger charge is -2.42. The molecule has 0 atom stereocenters. The number of fused-ring (bicyclic) bond motifs is 1. The number of likely N-dealkylation sites (tertiary alicyclic amines) is 2. The van der Waals surface area contributed by atoms with Crippen LogP contribution in [-0.4, -0.2) is 78.9 Å². The first-order valence-electron chi connectivity index (χ1n) is 11.0. The first kappa shape index (κ1) is 22.1. The standard InChI is InChI=1S/C22H31N3O5S/c1-31(28,29)25-16-18-6-2-3-7-19(18)30-22(17-25)10-14-24(15-11-22)21(27)9-5-13-23-12-4-8-20(23)26/h2-3,6-7H,4-5,8-17H2,1H3. The minimum atomic E-state index is -3.38. The Bertz CT molecular complexity index is 940. The molecule has 9 heteroatoms. The highest BCUT2D eigenvalue weighted by Crippen LogP contribution is 2.36. The molecule has 170 valence electrons. The van der Waals surface area contributed by atoms with Gasteiger partial charge in [-0.05, 0) is 18.9 Å². The highest BCUT2D eigenvalue weighted by atomic mass is 32.2. The van der Waals surface area contributed by atoms with Gasteiger partial charge < -0.3 is 14.5 Å². The van der Waals surface area contributed by atoms with E-state index >= 15 is 0 Å². The molecule has 1 aromatic carbocycles. The lowest BCUT2D eigenvalue weighted by molar-refractivity contribution is -0.135. The van der Waals surface area contributed by atoms with E-state index in [-0.39, 0.29) is 11.8 Å². The number of para-hydroxylation sites is 1. The van der Waals surface area contributed by atoms with Crippen LogP contribution in [0.25, 0.3) is 0 Å². The Morgan fingerprint density at radius 2 is 1.90 bits per heavy atom. The number of carbonyl (C=O) groups excluding carboxylic acids is 2. The summed E-state index contributed by atoms with van der Waals surface area (Å²) < 4.78 is 32.7. The summed E-state index contributed by atoms with van der Waals surface area (Å²) >= 11 is 0. The zero-order valence-electron chi connectivity index (χ0n) is 18.1. The van der Waals surface area contributed by atoms with E-state index < -0.39 is 15.6 Å². The van der Waals surface area contributed by atoms with Crippen molar-refractivity contribution in [2.45, 2.75) is 50.7 Å². The van der Waals surface area contributed by atoms with Crippen LogP contribution in [0.15, 0.2) is 24.3 Å². The SMILES string of the molecule is CS(=O)(=O)N1Cc2ccccc2OC2(CCN(C(=O)CCCN3CCCC3=O)CC2)C1. The van der Waals surface area contributed by atoms with Gasteiger partial charge >= 0.3 is 0 Å². The fourth-order valence-electron chi connectivity index (χ4n) is 4.74. The molecule has 1 spiro atoms. The van der Waals surface area contributed by atoms with E-state index in [9.17, 15) is 18.0 Å². The zero-order chi connectivity index (χ0) is 22.1. The van der Waals surface area contributed by atoms with Gasteiger partial charge in [-0.3, -0.25) is 9.59 Å². The topological polar surface area (TPSA) is 87.2 Å². The van der Waals surface area contributed by atoms with Gasteiger partial charge in [-0.15, -0.1) is 0 Å². The molecule has 0 aliphatic carbocycles. The summed E-state index contributed by atoms with van der Waals surface area (Å²) in [6.45, 7) is 3.12. The van der Waals surface area contributed by atoms with Crippen molar-refractivity contribution in [1.29, 1.82) is 0 Å². The lowest BCUT2D eigenvalue weighted by atomic mass is 9.90. The van der Waals surface area contributed by atoms with Gasteiger partial charge in [-0.2, -0.15) is 4.31 Å².